The van der Waals surface area contributed by atoms with Crippen molar-refractivity contribution in [1.82, 2.24) is 0 Å². The van der Waals surface area contributed by atoms with Crippen LogP contribution in [0.3, 0.4) is 0 Å². The summed E-state index contributed by atoms with van der Waals surface area (Å²) >= 11 is 0. The highest BCUT2D eigenvalue weighted by atomic mass is 16.7. The molecule has 0 bridgehead atoms. The predicted molar refractivity (Wildman–Crippen MR) is 244 cm³/mol. The maximum atomic E-state index is 16.0. The van der Waals surface area contributed by atoms with Crippen molar-refractivity contribution in [2.75, 3.05) is 0 Å². The van der Waals surface area contributed by atoms with Crippen molar-refractivity contribution in [1.29, 1.82) is 0 Å². The number of rotatable bonds is 13. The molecular formula is C48H36O30. The molecule has 0 saturated carbocycles. The number of aliphatic hydroxyl groups is 5. The zero-order valence-electron chi connectivity index (χ0n) is 38.1. The molecule has 6 aromatic carbocycles. The van der Waals surface area contributed by atoms with E-state index in [9.17, 15) is 122 Å². The van der Waals surface area contributed by atoms with Crippen LogP contribution >= 0.6 is 0 Å². The number of phenols is 18. The Morgan fingerprint density at radius 3 is 0.769 bits per heavy atom. The van der Waals surface area contributed by atoms with Crippen LogP contribution in [0.4, 0.5) is 0 Å². The molecule has 1 aliphatic heterocycles. The summed E-state index contributed by atoms with van der Waals surface area (Å²) in [4.78, 5) is 93.7. The minimum Gasteiger partial charge on any atom is -0.504 e. The first kappa shape index (κ1) is 55.3. The van der Waals surface area contributed by atoms with Crippen LogP contribution in [0.15, 0.2) is 72.8 Å². The molecule has 7 rings (SSSR count). The van der Waals surface area contributed by atoms with Gasteiger partial charge in [-0.05, 0) is 72.8 Å². The normalized spacial score (nSPS) is 22.3. The third kappa shape index (κ3) is 7.43. The number of carbonyl (C=O) groups is 6. The third-order valence-corrected chi connectivity index (χ3v) is 12.7. The van der Waals surface area contributed by atoms with Crippen LogP contribution in [0.2, 0.25) is 0 Å². The van der Waals surface area contributed by atoms with Crippen molar-refractivity contribution in [2.24, 2.45) is 0 Å². The highest BCUT2D eigenvalue weighted by Gasteiger charge is 2.92. The number of hydrogen-bond donors (Lipinski definition) is 23. The van der Waals surface area contributed by atoms with E-state index in [-0.39, 0.29) is 72.8 Å². The number of ketones is 6. The zero-order valence-corrected chi connectivity index (χ0v) is 38.1. The molecule has 0 radical (unpaired) electrons. The number of hydrogen-bond acceptors (Lipinski definition) is 30. The first-order valence-corrected chi connectivity index (χ1v) is 21.1. The maximum Gasteiger partial charge on any atom is 0.273 e. The van der Waals surface area contributed by atoms with Gasteiger partial charge >= 0.3 is 0 Å². The van der Waals surface area contributed by atoms with Gasteiger partial charge in [-0.2, -0.15) is 0 Å². The highest BCUT2D eigenvalue weighted by molar-refractivity contribution is 6.26. The largest absolute Gasteiger partial charge is 0.504 e. The van der Waals surface area contributed by atoms with Crippen LogP contribution in [0.25, 0.3) is 0 Å². The molecule has 0 aromatic heterocycles. The van der Waals surface area contributed by atoms with Gasteiger partial charge in [-0.25, -0.2) is 0 Å². The van der Waals surface area contributed by atoms with E-state index in [1.165, 1.54) is 0 Å². The number of ether oxygens (including phenoxy) is 1. The summed E-state index contributed by atoms with van der Waals surface area (Å²) in [5.74, 6) is -52.1. The number of benzene rings is 6. The Labute approximate surface area is 428 Å². The van der Waals surface area contributed by atoms with Gasteiger partial charge in [-0.15, -0.1) is 0 Å². The molecule has 30 nitrogen and oxygen atoms in total. The summed E-state index contributed by atoms with van der Waals surface area (Å²) in [5.41, 5.74) is -33.6. The first-order chi connectivity index (χ1) is 36.0. The average Bonchev–Trinajstić information content (AvgIpc) is 3.38. The predicted octanol–water partition coefficient (Wildman–Crippen LogP) is -1.00. The second-order valence-corrected chi connectivity index (χ2v) is 17.2. The molecule has 1 saturated heterocycles. The molecule has 6 aromatic rings. The molecule has 30 heteroatoms. The molecule has 1 aliphatic rings. The minimum absolute atomic E-state index is 0.0319. The number of aromatic hydroxyl groups is 18. The van der Waals surface area contributed by atoms with Crippen molar-refractivity contribution in [3.63, 3.8) is 0 Å². The van der Waals surface area contributed by atoms with Gasteiger partial charge in [0.2, 0.25) is 51.3 Å². The van der Waals surface area contributed by atoms with E-state index in [4.69, 9.17) is 4.74 Å². The molecule has 1 heterocycles. The molecular weight excluding hydrogens is 1060 g/mol. The molecule has 23 N–H and O–H groups in total. The van der Waals surface area contributed by atoms with Crippen molar-refractivity contribution < 1.29 is 151 Å². The minimum atomic E-state index is -5.99. The van der Waals surface area contributed by atoms with Crippen LogP contribution in [0.1, 0.15) is 62.1 Å². The van der Waals surface area contributed by atoms with Gasteiger partial charge in [0.05, 0.1) is 0 Å². The second kappa shape index (κ2) is 18.1. The Morgan fingerprint density at radius 2 is 0.500 bits per heavy atom. The van der Waals surface area contributed by atoms with E-state index in [1.54, 1.807) is 0 Å². The van der Waals surface area contributed by atoms with Gasteiger partial charge in [0.15, 0.2) is 115 Å². The summed E-state index contributed by atoms with van der Waals surface area (Å²) < 4.78 is 5.55. The van der Waals surface area contributed by atoms with Crippen LogP contribution < -0.4 is 0 Å². The Morgan fingerprint density at radius 1 is 0.295 bits per heavy atom. The Balaban J connectivity index is 1.86. The number of carbonyl (C=O) groups excluding carboxylic acids is 6. The Bertz CT molecular complexity index is 3350. The summed E-state index contributed by atoms with van der Waals surface area (Å²) in [6.45, 7) is 0. The summed E-state index contributed by atoms with van der Waals surface area (Å²) in [6, 6.07) is -0.489. The van der Waals surface area contributed by atoms with Gasteiger partial charge in [-0.1, -0.05) is 0 Å². The smallest absolute Gasteiger partial charge is 0.273 e. The van der Waals surface area contributed by atoms with Gasteiger partial charge < -0.3 is 122 Å². The molecule has 6 atom stereocenters. The highest BCUT2D eigenvalue weighted by Crippen LogP contribution is 2.61. The third-order valence-electron chi connectivity index (χ3n) is 12.7. The standard InChI is InChI=1S/C48H36O30/c49-19-1-13(2-20(50)32(19)62)31(61)43(73)44(38(68)14-3-21(51)33(63)22(52)4-14)45(74,39(69)15-5-23(53)34(64)24(54)6-15)46(75,40(70)16-7-25(55)35(65)26(56)8-16)47(76,41(71)17-9-27(57)36(66)28(58)10-17)48(77,78-44)42(72)18-11-29(59)37(67)30(60)12-18/h1-12,43,49-60,62-67,73-77H. The fourth-order valence-corrected chi connectivity index (χ4v) is 8.74. The van der Waals surface area contributed by atoms with Gasteiger partial charge in [-0.3, -0.25) is 28.8 Å². The lowest BCUT2D eigenvalue weighted by molar-refractivity contribution is -0.399. The molecule has 78 heavy (non-hydrogen) atoms. The summed E-state index contributed by atoms with van der Waals surface area (Å²) in [6.07, 6.45) is -4.39. The van der Waals surface area contributed by atoms with Gasteiger partial charge in [0, 0.05) is 33.4 Å². The monoisotopic (exact) mass is 1090 g/mol. The topological polar surface area (TPSA) is 577 Å². The lowest BCUT2D eigenvalue weighted by Crippen LogP contribution is -2.96. The Hall–Kier alpha value is -10.5. The molecule has 0 amide bonds. The van der Waals surface area contributed by atoms with Crippen LogP contribution in [0, 0.1) is 0 Å². The van der Waals surface area contributed by atoms with Crippen molar-refractivity contribution in [2.45, 2.75) is 34.3 Å². The lowest BCUT2D eigenvalue weighted by Gasteiger charge is -2.64. The van der Waals surface area contributed by atoms with Crippen molar-refractivity contribution in [3.05, 3.63) is 106 Å². The average molecular weight is 1090 g/mol. The second-order valence-electron chi connectivity index (χ2n) is 17.2. The van der Waals surface area contributed by atoms with Crippen molar-refractivity contribution in [3.8, 4) is 103 Å². The molecule has 6 unspecified atom stereocenters. The summed E-state index contributed by atoms with van der Waals surface area (Å²) in [5, 5.41) is 256. The van der Waals surface area contributed by atoms with E-state index in [2.05, 4.69) is 0 Å². The lowest BCUT2D eigenvalue weighted by atomic mass is 9.49. The van der Waals surface area contributed by atoms with E-state index in [0.717, 1.165) is 0 Å². The number of Topliss-reactive ketones (excluding diaryl/α,β-unsaturated/α-hetero) is 6. The van der Waals surface area contributed by atoms with E-state index in [0.29, 0.717) is 0 Å². The van der Waals surface area contributed by atoms with Crippen LogP contribution in [-0.2, 0) is 4.74 Å². The molecule has 0 spiro atoms. The quantitative estimate of drug-likeness (QED) is 0.0487. The fourth-order valence-electron chi connectivity index (χ4n) is 8.74. The molecule has 0 aliphatic carbocycles. The van der Waals surface area contributed by atoms with Crippen molar-refractivity contribution >= 4 is 34.7 Å². The van der Waals surface area contributed by atoms with Crippen LogP contribution in [-0.4, -0.2) is 186 Å². The fraction of sp³-hybridized carbons (Fsp3) is 0.125. The van der Waals surface area contributed by atoms with E-state index in [1.807, 2.05) is 0 Å². The molecule has 408 valence electrons. The first-order valence-electron chi connectivity index (χ1n) is 21.1. The zero-order chi connectivity index (χ0) is 58.6. The Kier molecular flexibility index (Phi) is 12.8. The number of phenolic OH excluding ortho intramolecular Hbond substituents is 18. The van der Waals surface area contributed by atoms with E-state index < -0.39 is 206 Å². The van der Waals surface area contributed by atoms with Crippen LogP contribution in [0.5, 0.6) is 103 Å². The SMILES string of the molecule is O=C(c1cc(O)c(O)c(O)c1)C(O)C1(C(=O)c2cc(O)c(O)c(O)c2)OC(O)(C(=O)c2cc(O)c(O)c(O)c2)C(O)(C(=O)c2cc(O)c(O)c(O)c2)C(O)(C(=O)c2cc(O)c(O)c(O)c2)C1(O)C(=O)c1cc(O)c(O)c(O)c1. The summed E-state index contributed by atoms with van der Waals surface area (Å²) in [7, 11) is 0. The number of aliphatic hydroxyl groups excluding tert-OH is 1. The maximum absolute atomic E-state index is 16.0. The van der Waals surface area contributed by atoms with Gasteiger partial charge in [0.1, 0.15) is 0 Å². The van der Waals surface area contributed by atoms with E-state index >= 15 is 24.0 Å². The molecule has 1 fully saturated rings. The van der Waals surface area contributed by atoms with Gasteiger partial charge in [0.25, 0.3) is 5.79 Å².